The lowest BCUT2D eigenvalue weighted by Gasteiger charge is -2.16. The molecular formula is C21H21N3O3. The smallest absolute Gasteiger partial charge is 0.291 e. The number of nitrogens with one attached hydrogen (secondary N) is 2. The van der Waals surface area contributed by atoms with Crippen molar-refractivity contribution in [1.82, 2.24) is 16.0 Å². The minimum absolute atomic E-state index is 0.0981. The molecule has 1 unspecified atom stereocenters. The SMILES string of the molecule is CCCC(C(=O)NNC(=O)c1cc(-c2ccccc2)on1)c1ccccc1. The first-order chi connectivity index (χ1) is 13.2. The molecule has 6 nitrogen and oxygen atoms in total. The zero-order valence-corrected chi connectivity index (χ0v) is 15.0. The lowest BCUT2D eigenvalue weighted by atomic mass is 9.94. The van der Waals surface area contributed by atoms with Crippen molar-refractivity contribution in [3.63, 3.8) is 0 Å². The Hall–Kier alpha value is -3.41. The van der Waals surface area contributed by atoms with Crippen molar-refractivity contribution in [2.24, 2.45) is 0 Å². The summed E-state index contributed by atoms with van der Waals surface area (Å²) in [7, 11) is 0. The van der Waals surface area contributed by atoms with Crippen LogP contribution in [0.4, 0.5) is 0 Å². The molecule has 1 heterocycles. The van der Waals surface area contributed by atoms with E-state index in [1.54, 1.807) is 0 Å². The molecule has 0 fully saturated rings. The van der Waals surface area contributed by atoms with E-state index in [9.17, 15) is 9.59 Å². The average molecular weight is 363 g/mol. The second-order valence-corrected chi connectivity index (χ2v) is 6.14. The highest BCUT2D eigenvalue weighted by molar-refractivity contribution is 5.95. The van der Waals surface area contributed by atoms with Gasteiger partial charge in [0, 0.05) is 11.6 Å². The minimum Gasteiger partial charge on any atom is -0.355 e. The van der Waals surface area contributed by atoms with Gasteiger partial charge in [0.1, 0.15) is 0 Å². The van der Waals surface area contributed by atoms with Crippen molar-refractivity contribution >= 4 is 11.8 Å². The molecule has 27 heavy (non-hydrogen) atoms. The van der Waals surface area contributed by atoms with Crippen LogP contribution in [0.3, 0.4) is 0 Å². The zero-order chi connectivity index (χ0) is 19.1. The summed E-state index contributed by atoms with van der Waals surface area (Å²) < 4.78 is 5.21. The van der Waals surface area contributed by atoms with E-state index in [1.165, 1.54) is 6.07 Å². The lowest BCUT2D eigenvalue weighted by Crippen LogP contribution is -2.44. The predicted molar refractivity (Wildman–Crippen MR) is 102 cm³/mol. The van der Waals surface area contributed by atoms with Crippen LogP contribution in [0.2, 0.25) is 0 Å². The molecule has 0 saturated carbocycles. The van der Waals surface area contributed by atoms with E-state index in [1.807, 2.05) is 67.6 Å². The van der Waals surface area contributed by atoms with E-state index in [0.717, 1.165) is 17.5 Å². The molecule has 1 aromatic heterocycles. The first-order valence-electron chi connectivity index (χ1n) is 8.86. The monoisotopic (exact) mass is 363 g/mol. The molecule has 1 atom stereocenters. The van der Waals surface area contributed by atoms with E-state index in [-0.39, 0.29) is 17.5 Å². The maximum Gasteiger partial charge on any atom is 0.291 e. The fraction of sp³-hybridized carbons (Fsp3) is 0.190. The molecule has 6 heteroatoms. The second-order valence-electron chi connectivity index (χ2n) is 6.14. The summed E-state index contributed by atoms with van der Waals surface area (Å²) in [5.41, 5.74) is 6.74. The Morgan fingerprint density at radius 2 is 1.67 bits per heavy atom. The van der Waals surface area contributed by atoms with Gasteiger partial charge in [-0.15, -0.1) is 0 Å². The number of hydrogen-bond donors (Lipinski definition) is 2. The number of hydrogen-bond acceptors (Lipinski definition) is 4. The summed E-state index contributed by atoms with van der Waals surface area (Å²) in [4.78, 5) is 24.8. The van der Waals surface area contributed by atoms with Gasteiger partial charge in [0.05, 0.1) is 5.92 Å². The number of rotatable bonds is 6. The number of aromatic nitrogens is 1. The molecule has 138 valence electrons. The number of carbonyl (C=O) groups is 2. The fourth-order valence-electron chi connectivity index (χ4n) is 2.81. The minimum atomic E-state index is -0.530. The van der Waals surface area contributed by atoms with Gasteiger partial charge in [-0.05, 0) is 12.0 Å². The fourth-order valence-corrected chi connectivity index (χ4v) is 2.81. The third-order valence-corrected chi connectivity index (χ3v) is 4.20. The van der Waals surface area contributed by atoms with Crippen molar-refractivity contribution < 1.29 is 14.1 Å². The van der Waals surface area contributed by atoms with E-state index in [4.69, 9.17) is 4.52 Å². The van der Waals surface area contributed by atoms with Crippen molar-refractivity contribution in [1.29, 1.82) is 0 Å². The van der Waals surface area contributed by atoms with E-state index < -0.39 is 5.91 Å². The van der Waals surface area contributed by atoms with Crippen LogP contribution in [-0.4, -0.2) is 17.0 Å². The molecule has 2 aromatic carbocycles. The number of carbonyl (C=O) groups excluding carboxylic acids is 2. The van der Waals surface area contributed by atoms with E-state index in [2.05, 4.69) is 16.0 Å². The van der Waals surface area contributed by atoms with Crippen molar-refractivity contribution in [3.8, 4) is 11.3 Å². The number of nitrogens with zero attached hydrogens (tertiary/aromatic N) is 1. The summed E-state index contributed by atoms with van der Waals surface area (Å²) in [6.07, 6.45) is 1.54. The van der Waals surface area contributed by atoms with E-state index >= 15 is 0 Å². The van der Waals surface area contributed by atoms with Crippen molar-refractivity contribution in [3.05, 3.63) is 78.0 Å². The molecule has 3 rings (SSSR count). The Morgan fingerprint density at radius 1 is 1.00 bits per heavy atom. The molecule has 0 saturated heterocycles. The van der Waals surface area contributed by atoms with Gasteiger partial charge in [0.15, 0.2) is 11.5 Å². The van der Waals surface area contributed by atoms with Crippen LogP contribution in [0, 0.1) is 0 Å². The molecule has 0 aliphatic rings. The Morgan fingerprint density at radius 3 is 2.33 bits per heavy atom. The lowest BCUT2D eigenvalue weighted by molar-refractivity contribution is -0.123. The van der Waals surface area contributed by atoms with Gasteiger partial charge in [-0.1, -0.05) is 79.2 Å². The predicted octanol–water partition coefficient (Wildman–Crippen LogP) is 3.69. The van der Waals surface area contributed by atoms with E-state index in [0.29, 0.717) is 12.2 Å². The zero-order valence-electron chi connectivity index (χ0n) is 15.0. The topological polar surface area (TPSA) is 84.2 Å². The van der Waals surface area contributed by atoms with Gasteiger partial charge < -0.3 is 4.52 Å². The summed E-state index contributed by atoms with van der Waals surface area (Å²) >= 11 is 0. The van der Waals surface area contributed by atoms with Crippen LogP contribution in [-0.2, 0) is 4.79 Å². The first-order valence-corrected chi connectivity index (χ1v) is 8.86. The summed E-state index contributed by atoms with van der Waals surface area (Å²) in [5.74, 6) is -0.630. The summed E-state index contributed by atoms with van der Waals surface area (Å²) in [5, 5.41) is 3.77. The maximum absolute atomic E-state index is 12.5. The normalized spacial score (nSPS) is 11.6. The van der Waals surface area contributed by atoms with Gasteiger partial charge in [-0.2, -0.15) is 0 Å². The third-order valence-electron chi connectivity index (χ3n) is 4.20. The Labute approximate surface area is 157 Å². The quantitative estimate of drug-likeness (QED) is 0.654. The molecule has 0 bridgehead atoms. The molecule has 0 spiro atoms. The summed E-state index contributed by atoms with van der Waals surface area (Å²) in [6.45, 7) is 2.02. The average Bonchev–Trinajstić information content (AvgIpc) is 3.22. The molecule has 2 amide bonds. The maximum atomic E-state index is 12.5. The van der Waals surface area contributed by atoms with Crippen LogP contribution in [0.1, 0.15) is 41.7 Å². The van der Waals surface area contributed by atoms with Crippen LogP contribution < -0.4 is 10.9 Å². The molecule has 0 radical (unpaired) electrons. The third kappa shape index (κ3) is 4.61. The van der Waals surface area contributed by atoms with Crippen LogP contribution >= 0.6 is 0 Å². The van der Waals surface area contributed by atoms with Crippen molar-refractivity contribution in [2.75, 3.05) is 0 Å². The Kier molecular flexibility index (Phi) is 5.99. The van der Waals surface area contributed by atoms with Gasteiger partial charge in [0.25, 0.3) is 5.91 Å². The molecule has 2 N–H and O–H groups in total. The Bertz CT molecular complexity index is 891. The van der Waals surface area contributed by atoms with Crippen molar-refractivity contribution in [2.45, 2.75) is 25.7 Å². The summed E-state index contributed by atoms with van der Waals surface area (Å²) in [6, 6.07) is 20.4. The number of amides is 2. The highest BCUT2D eigenvalue weighted by Crippen LogP contribution is 2.21. The molecule has 0 aliphatic carbocycles. The second kappa shape index (κ2) is 8.80. The highest BCUT2D eigenvalue weighted by Gasteiger charge is 2.21. The van der Waals surface area contributed by atoms with Gasteiger partial charge in [-0.3, -0.25) is 20.4 Å². The number of hydrazine groups is 1. The molecule has 0 aliphatic heterocycles. The largest absolute Gasteiger partial charge is 0.355 e. The molecular weight excluding hydrogens is 342 g/mol. The highest BCUT2D eigenvalue weighted by atomic mass is 16.5. The van der Waals surface area contributed by atoms with Crippen LogP contribution in [0.5, 0.6) is 0 Å². The van der Waals surface area contributed by atoms with Crippen LogP contribution in [0.25, 0.3) is 11.3 Å². The Balaban J connectivity index is 1.63. The van der Waals surface area contributed by atoms with Gasteiger partial charge in [0.2, 0.25) is 5.91 Å². The number of benzene rings is 2. The first kappa shape index (κ1) is 18.4. The van der Waals surface area contributed by atoms with Gasteiger partial charge in [-0.25, -0.2) is 0 Å². The molecule has 3 aromatic rings. The van der Waals surface area contributed by atoms with Gasteiger partial charge >= 0.3 is 0 Å². The van der Waals surface area contributed by atoms with Crippen LogP contribution in [0.15, 0.2) is 71.3 Å². The standard InChI is InChI=1S/C21H21N3O3/c1-2-9-17(15-10-5-3-6-11-15)20(25)22-23-21(26)18-14-19(27-24-18)16-12-7-4-8-13-16/h3-8,10-14,17H,2,9H2,1H3,(H,22,25)(H,23,26).